The summed E-state index contributed by atoms with van der Waals surface area (Å²) >= 11 is 1.14. The quantitative estimate of drug-likeness (QED) is 0.165. The highest BCUT2D eigenvalue weighted by Gasteiger charge is 2.32. The minimum absolute atomic E-state index is 0.0585. The number of aryl methyl sites for hydroxylation is 2. The van der Waals surface area contributed by atoms with E-state index < -0.39 is 12.0 Å². The molecule has 3 heterocycles. The van der Waals surface area contributed by atoms with E-state index in [2.05, 4.69) is 44.8 Å². The van der Waals surface area contributed by atoms with Crippen molar-refractivity contribution in [3.05, 3.63) is 137 Å². The molecule has 0 spiro atoms. The average molecular weight is 726 g/mol. The zero-order chi connectivity index (χ0) is 36.9. The summed E-state index contributed by atoms with van der Waals surface area (Å²) in [5.74, 6) is 0.0231. The molecule has 1 aliphatic carbocycles. The van der Waals surface area contributed by atoms with Gasteiger partial charge in [-0.25, -0.2) is 4.79 Å². The summed E-state index contributed by atoms with van der Waals surface area (Å²) in [6.07, 6.45) is 1.18. The van der Waals surface area contributed by atoms with Crippen LogP contribution in [0.2, 0.25) is 0 Å². The van der Waals surface area contributed by atoms with Crippen molar-refractivity contribution in [1.82, 2.24) is 15.2 Å². The van der Waals surface area contributed by atoms with Crippen molar-refractivity contribution in [2.24, 2.45) is 0 Å². The molecule has 10 nitrogen and oxygen atoms in total. The van der Waals surface area contributed by atoms with Gasteiger partial charge in [0.05, 0.1) is 17.8 Å². The van der Waals surface area contributed by atoms with Gasteiger partial charge < -0.3 is 14.2 Å². The Labute approximate surface area is 312 Å². The number of hydrogen-bond acceptors (Lipinski definition) is 9. The molecule has 53 heavy (non-hydrogen) atoms. The van der Waals surface area contributed by atoms with E-state index in [0.717, 1.165) is 28.0 Å². The van der Waals surface area contributed by atoms with Crippen LogP contribution in [0.4, 0.5) is 15.6 Å². The number of aromatic nitrogens is 3. The lowest BCUT2D eigenvalue weighted by Crippen LogP contribution is -2.39. The van der Waals surface area contributed by atoms with Crippen LogP contribution in [-0.2, 0) is 11.3 Å². The molecule has 0 unspecified atom stereocenters. The van der Waals surface area contributed by atoms with Gasteiger partial charge in [-0.2, -0.15) is 0 Å². The molecule has 0 saturated carbocycles. The number of nitrogens with zero attached hydrogens (tertiary/aromatic N) is 4. The van der Waals surface area contributed by atoms with Crippen LogP contribution in [0.15, 0.2) is 103 Å². The maximum absolute atomic E-state index is 13.7. The first-order valence-electron chi connectivity index (χ1n) is 17.6. The molecule has 1 aliphatic heterocycles. The molecule has 0 radical (unpaired) electrons. The molecule has 6 aromatic rings. The Bertz CT molecular complexity index is 2230. The van der Waals surface area contributed by atoms with Gasteiger partial charge in [0.15, 0.2) is 5.75 Å². The lowest BCUT2D eigenvalue weighted by molar-refractivity contribution is 0.102. The molecule has 0 fully saturated rings. The lowest BCUT2D eigenvalue weighted by Gasteiger charge is -2.30. The van der Waals surface area contributed by atoms with Gasteiger partial charge in [0.1, 0.15) is 19.8 Å². The summed E-state index contributed by atoms with van der Waals surface area (Å²) in [6, 6.07) is 31.7. The van der Waals surface area contributed by atoms with Crippen molar-refractivity contribution in [3.63, 3.8) is 0 Å². The largest absolute Gasteiger partial charge is 0.489 e. The number of hydrogen-bond donors (Lipinski definition) is 1. The van der Waals surface area contributed by atoms with Crippen molar-refractivity contribution in [2.45, 2.75) is 40.2 Å². The molecule has 0 atom stereocenters. The maximum atomic E-state index is 13.7. The minimum atomic E-state index is -0.463. The van der Waals surface area contributed by atoms with E-state index >= 15 is 0 Å². The number of fused-ring (bicyclic) bond motifs is 4. The SMILES string of the molecule is CC.Cc1ccc(COc2nnc(NC(=O)c3cc(C)ncc3-c3cccc4c3OCCN4C(=O)OCC3c4ccccc4-c4ccccc43)s2)cc1. The first-order valence-corrected chi connectivity index (χ1v) is 18.4. The van der Waals surface area contributed by atoms with Crippen molar-refractivity contribution in [2.75, 3.05) is 30.0 Å². The number of ether oxygens (including phenoxy) is 3. The fourth-order valence-corrected chi connectivity index (χ4v) is 7.19. The fourth-order valence-electron chi connectivity index (χ4n) is 6.60. The molecule has 268 valence electrons. The van der Waals surface area contributed by atoms with E-state index in [0.29, 0.717) is 57.3 Å². The van der Waals surface area contributed by atoms with Crippen molar-refractivity contribution < 1.29 is 23.8 Å². The van der Waals surface area contributed by atoms with Crippen LogP contribution in [0, 0.1) is 13.8 Å². The van der Waals surface area contributed by atoms with E-state index in [9.17, 15) is 9.59 Å². The Morgan fingerprint density at radius 1 is 0.868 bits per heavy atom. The van der Waals surface area contributed by atoms with Crippen LogP contribution in [-0.4, -0.2) is 46.9 Å². The van der Waals surface area contributed by atoms with Crippen LogP contribution in [0.25, 0.3) is 22.3 Å². The van der Waals surface area contributed by atoms with Crippen LogP contribution >= 0.6 is 11.3 Å². The monoisotopic (exact) mass is 725 g/mol. The van der Waals surface area contributed by atoms with Gasteiger partial charge in [-0.15, -0.1) is 5.10 Å². The second-order valence-electron chi connectivity index (χ2n) is 12.4. The highest BCUT2D eigenvalue weighted by molar-refractivity contribution is 7.17. The number of anilines is 2. The molecule has 2 amide bonds. The number of rotatable bonds is 8. The van der Waals surface area contributed by atoms with Gasteiger partial charge in [-0.05, 0) is 65.1 Å². The normalized spacial score (nSPS) is 12.7. The van der Waals surface area contributed by atoms with Gasteiger partial charge in [0, 0.05) is 28.9 Å². The zero-order valence-electron chi connectivity index (χ0n) is 30.0. The first-order chi connectivity index (χ1) is 25.9. The lowest BCUT2D eigenvalue weighted by atomic mass is 9.98. The molecule has 2 aliphatic rings. The zero-order valence-corrected chi connectivity index (χ0v) is 30.8. The highest BCUT2D eigenvalue weighted by atomic mass is 32.1. The Kier molecular flexibility index (Phi) is 10.4. The van der Waals surface area contributed by atoms with E-state index in [1.807, 2.05) is 94.4 Å². The van der Waals surface area contributed by atoms with Gasteiger partial charge in [-0.3, -0.25) is 20.0 Å². The second-order valence-corrected chi connectivity index (χ2v) is 13.4. The van der Waals surface area contributed by atoms with Crippen molar-refractivity contribution in [1.29, 1.82) is 0 Å². The minimum Gasteiger partial charge on any atom is -0.489 e. The number of amides is 2. The molecule has 8 rings (SSSR count). The van der Waals surface area contributed by atoms with Gasteiger partial charge in [-0.1, -0.05) is 109 Å². The summed E-state index contributed by atoms with van der Waals surface area (Å²) in [7, 11) is 0. The molecule has 1 N–H and O–H groups in total. The standard InChI is InChI=1S/C40H33N5O5S.C2H6/c1-24-14-16-26(17-15-24)22-49-39-44-43-38(51-39)42-37(46)32-20-25(2)41-21-33(32)31-12-7-13-35-36(31)48-19-18-45(35)40(47)50-23-34-29-10-5-3-8-27(29)28-9-4-6-11-30(28)34;1-2/h3-17,20-21,34H,18-19,22-23H2,1-2H3,(H,42,43,46);1-2H3. The third-order valence-corrected chi connectivity index (χ3v) is 9.84. The third kappa shape index (κ3) is 7.33. The third-order valence-electron chi connectivity index (χ3n) is 9.09. The topological polar surface area (TPSA) is 116 Å². The molecule has 4 aromatic carbocycles. The number of nitrogens with one attached hydrogen (secondary N) is 1. The Morgan fingerprint density at radius 3 is 2.30 bits per heavy atom. The number of carbonyl (C=O) groups is 2. The average Bonchev–Trinajstić information content (AvgIpc) is 3.78. The Balaban J connectivity index is 0.00000214. The van der Waals surface area contributed by atoms with Crippen LogP contribution in [0.3, 0.4) is 0 Å². The Morgan fingerprint density at radius 2 is 1.57 bits per heavy atom. The maximum Gasteiger partial charge on any atom is 0.414 e. The first kappa shape index (κ1) is 35.3. The molecule has 2 aromatic heterocycles. The molecular weight excluding hydrogens is 687 g/mol. The van der Waals surface area contributed by atoms with Crippen molar-refractivity contribution in [3.8, 4) is 33.2 Å². The predicted octanol–water partition coefficient (Wildman–Crippen LogP) is 9.22. The Hall–Kier alpha value is -6.07. The molecule has 11 heteroatoms. The van der Waals surface area contributed by atoms with Crippen LogP contribution in [0.5, 0.6) is 10.9 Å². The highest BCUT2D eigenvalue weighted by Crippen LogP contribution is 2.45. The number of carbonyl (C=O) groups excluding carboxylic acids is 2. The van der Waals surface area contributed by atoms with E-state index in [4.69, 9.17) is 14.2 Å². The van der Waals surface area contributed by atoms with Crippen LogP contribution in [0.1, 0.15) is 58.1 Å². The second kappa shape index (κ2) is 15.7. The molecule has 0 bridgehead atoms. The molecule has 0 saturated heterocycles. The number of pyridine rings is 1. The summed E-state index contributed by atoms with van der Waals surface area (Å²) in [5, 5.41) is 11.7. The van der Waals surface area contributed by atoms with Gasteiger partial charge in [0.2, 0.25) is 5.13 Å². The summed E-state index contributed by atoms with van der Waals surface area (Å²) < 4.78 is 18.0. The summed E-state index contributed by atoms with van der Waals surface area (Å²) in [5.41, 5.74) is 9.56. The van der Waals surface area contributed by atoms with Gasteiger partial charge >= 0.3 is 6.09 Å². The number of para-hydroxylation sites is 1. The van der Waals surface area contributed by atoms with Crippen LogP contribution < -0.4 is 19.7 Å². The summed E-state index contributed by atoms with van der Waals surface area (Å²) in [6.45, 7) is 8.96. The van der Waals surface area contributed by atoms with Gasteiger partial charge in [0.25, 0.3) is 11.1 Å². The van der Waals surface area contributed by atoms with E-state index in [-0.39, 0.29) is 19.1 Å². The number of benzene rings is 4. The fraction of sp³-hybridized carbons (Fsp3) is 0.214. The van der Waals surface area contributed by atoms with E-state index in [1.165, 1.54) is 16.7 Å². The van der Waals surface area contributed by atoms with E-state index in [1.54, 1.807) is 17.2 Å². The smallest absolute Gasteiger partial charge is 0.414 e. The van der Waals surface area contributed by atoms with Crippen molar-refractivity contribution >= 4 is 34.2 Å². The summed E-state index contributed by atoms with van der Waals surface area (Å²) in [4.78, 5) is 33.5. The predicted molar refractivity (Wildman–Crippen MR) is 207 cm³/mol. The molecular formula is C42H39N5O5S.